The number of imidazole rings is 1. The molecule has 0 bridgehead atoms. The smallest absolute Gasteiger partial charge is 0.411 e. The largest absolute Gasteiger partial charge is 0.467 e. The minimum atomic E-state index is -0.766. The van der Waals surface area contributed by atoms with Crippen molar-refractivity contribution in [1.82, 2.24) is 34.4 Å². The zero-order valence-corrected chi connectivity index (χ0v) is 20.8. The lowest BCUT2D eigenvalue weighted by molar-refractivity contribution is -0.145. The molecule has 3 aromatic heterocycles. The fourth-order valence-electron chi connectivity index (χ4n) is 4.09. The normalized spacial score (nSPS) is 18.1. The lowest BCUT2D eigenvalue weighted by Crippen LogP contribution is -2.44. The topological polar surface area (TPSA) is 137 Å². The fourth-order valence-corrected chi connectivity index (χ4v) is 4.09. The number of nitrogens with one attached hydrogen (secondary N) is 1. The number of ether oxygens (including phenoxy) is 2. The Bertz CT molecular complexity index is 1230. The first-order valence-electron chi connectivity index (χ1n) is 11.5. The lowest BCUT2D eigenvalue weighted by atomic mass is 10.1. The third-order valence-electron chi connectivity index (χ3n) is 5.63. The maximum atomic E-state index is 12.8. The van der Waals surface area contributed by atoms with Crippen LogP contribution in [0.3, 0.4) is 0 Å². The Morgan fingerprint density at radius 1 is 1.17 bits per heavy atom. The van der Waals surface area contributed by atoms with E-state index in [2.05, 4.69) is 25.3 Å². The summed E-state index contributed by atoms with van der Waals surface area (Å²) in [7, 11) is 1.30. The van der Waals surface area contributed by atoms with E-state index in [1.54, 1.807) is 33.2 Å². The van der Waals surface area contributed by atoms with Gasteiger partial charge in [-0.3, -0.25) is 4.90 Å². The molecular formula is C23H30N8O4. The number of esters is 1. The molecule has 186 valence electrons. The van der Waals surface area contributed by atoms with Crippen LogP contribution in [-0.2, 0) is 20.8 Å². The summed E-state index contributed by atoms with van der Waals surface area (Å²) in [5.74, 6) is 1.37. The standard InChI is InChI=1S/C23H30N8O4/c1-7-30-19(14-9-24-13(2)25-10-14)29-17-18(26-12-27-20(17)30)28-15-8-16(21(32)34-6)31(11-15)22(33)35-23(3,4)5/h9-10,12,15-16H,7-8,11H2,1-6H3,(H,26,27,28)/t15-,16?/m0/s1. The van der Waals surface area contributed by atoms with Gasteiger partial charge in [-0.25, -0.2) is 34.5 Å². The molecule has 4 heterocycles. The molecule has 12 nitrogen and oxygen atoms in total. The lowest BCUT2D eigenvalue weighted by Gasteiger charge is -2.27. The van der Waals surface area contributed by atoms with Gasteiger partial charge in [-0.15, -0.1) is 0 Å². The Balaban J connectivity index is 1.64. The van der Waals surface area contributed by atoms with Crippen LogP contribution in [0.4, 0.5) is 10.6 Å². The predicted octanol–water partition coefficient (Wildman–Crippen LogP) is 2.57. The van der Waals surface area contributed by atoms with E-state index in [1.807, 2.05) is 18.4 Å². The number of aromatic nitrogens is 6. The van der Waals surface area contributed by atoms with Crippen LogP contribution in [0, 0.1) is 6.92 Å². The Hall–Kier alpha value is -3.83. The quantitative estimate of drug-likeness (QED) is 0.540. The van der Waals surface area contributed by atoms with Gasteiger partial charge in [0.25, 0.3) is 0 Å². The van der Waals surface area contributed by atoms with Crippen molar-refractivity contribution in [2.45, 2.75) is 65.3 Å². The zero-order chi connectivity index (χ0) is 25.3. The third-order valence-corrected chi connectivity index (χ3v) is 5.63. The number of hydrogen-bond acceptors (Lipinski definition) is 10. The summed E-state index contributed by atoms with van der Waals surface area (Å²) < 4.78 is 12.4. The molecule has 12 heteroatoms. The van der Waals surface area contributed by atoms with Gasteiger partial charge in [0.15, 0.2) is 17.0 Å². The third kappa shape index (κ3) is 5.00. The van der Waals surface area contributed by atoms with Crippen LogP contribution in [0.1, 0.15) is 39.9 Å². The number of nitrogens with zero attached hydrogens (tertiary/aromatic N) is 7. The van der Waals surface area contributed by atoms with E-state index in [-0.39, 0.29) is 12.6 Å². The first-order valence-corrected chi connectivity index (χ1v) is 11.5. The molecule has 0 saturated carbocycles. The SMILES string of the molecule is CCn1c(-c2cnc(C)nc2)nc2c(N[C@H]3CC(C(=O)OC)N(C(=O)OC(C)(C)C)C3)ncnc21. The number of fused-ring (bicyclic) bond motifs is 1. The molecule has 1 N–H and O–H groups in total. The first-order chi connectivity index (χ1) is 16.6. The number of hydrogen-bond donors (Lipinski definition) is 1. The molecule has 0 spiro atoms. The highest BCUT2D eigenvalue weighted by atomic mass is 16.6. The summed E-state index contributed by atoms with van der Waals surface area (Å²) in [5, 5.41) is 3.35. The Labute approximate surface area is 203 Å². The van der Waals surface area contributed by atoms with Gasteiger partial charge < -0.3 is 19.4 Å². The van der Waals surface area contributed by atoms with Gasteiger partial charge in [-0.1, -0.05) is 0 Å². The van der Waals surface area contributed by atoms with Gasteiger partial charge in [0.1, 0.15) is 29.6 Å². The highest BCUT2D eigenvalue weighted by Crippen LogP contribution is 2.29. The van der Waals surface area contributed by atoms with Crippen molar-refractivity contribution in [2.75, 3.05) is 19.0 Å². The number of carbonyl (C=O) groups excluding carboxylic acids is 2. The Morgan fingerprint density at radius 3 is 2.51 bits per heavy atom. The van der Waals surface area contributed by atoms with E-state index in [4.69, 9.17) is 14.5 Å². The number of likely N-dealkylation sites (tertiary alicyclic amines) is 1. The number of methoxy groups -OCH3 is 1. The maximum absolute atomic E-state index is 12.8. The molecule has 1 unspecified atom stereocenters. The zero-order valence-electron chi connectivity index (χ0n) is 20.8. The number of anilines is 1. The molecule has 35 heavy (non-hydrogen) atoms. The van der Waals surface area contributed by atoms with Crippen LogP contribution in [0.5, 0.6) is 0 Å². The van der Waals surface area contributed by atoms with Crippen molar-refractivity contribution in [3.05, 3.63) is 24.5 Å². The number of amides is 1. The summed E-state index contributed by atoms with van der Waals surface area (Å²) in [6, 6.07) is -1.04. The number of aryl methyl sites for hydroxylation is 2. The van der Waals surface area contributed by atoms with Gasteiger partial charge in [0.05, 0.1) is 12.7 Å². The van der Waals surface area contributed by atoms with Crippen molar-refractivity contribution in [1.29, 1.82) is 0 Å². The van der Waals surface area contributed by atoms with Crippen molar-refractivity contribution in [2.24, 2.45) is 0 Å². The Kier molecular flexibility index (Phi) is 6.55. The molecule has 0 radical (unpaired) electrons. The van der Waals surface area contributed by atoms with Gasteiger partial charge in [0, 0.05) is 37.9 Å². The highest BCUT2D eigenvalue weighted by molar-refractivity contribution is 5.87. The second kappa shape index (κ2) is 9.43. The summed E-state index contributed by atoms with van der Waals surface area (Å²) in [6.07, 6.45) is 4.69. The van der Waals surface area contributed by atoms with Crippen LogP contribution in [-0.4, -0.2) is 77.8 Å². The minimum Gasteiger partial charge on any atom is -0.467 e. The molecule has 2 atom stereocenters. The van der Waals surface area contributed by atoms with Crippen molar-refractivity contribution >= 4 is 29.0 Å². The van der Waals surface area contributed by atoms with Gasteiger partial charge >= 0.3 is 12.1 Å². The highest BCUT2D eigenvalue weighted by Gasteiger charge is 2.42. The summed E-state index contributed by atoms with van der Waals surface area (Å²) in [5.41, 5.74) is 1.32. The molecule has 0 aromatic carbocycles. The van der Waals surface area contributed by atoms with Crippen LogP contribution >= 0.6 is 0 Å². The van der Waals surface area contributed by atoms with E-state index in [0.29, 0.717) is 41.6 Å². The molecule has 1 amide bonds. The first kappa shape index (κ1) is 24.3. The van der Waals surface area contributed by atoms with Crippen LogP contribution in [0.2, 0.25) is 0 Å². The van der Waals surface area contributed by atoms with Gasteiger partial charge in [-0.2, -0.15) is 0 Å². The molecule has 1 fully saturated rings. The van der Waals surface area contributed by atoms with Crippen LogP contribution in [0.15, 0.2) is 18.7 Å². The average molecular weight is 483 g/mol. The fraction of sp³-hybridized carbons (Fsp3) is 0.522. The van der Waals surface area contributed by atoms with Crippen LogP contribution < -0.4 is 5.32 Å². The second-order valence-electron chi connectivity index (χ2n) is 9.34. The van der Waals surface area contributed by atoms with E-state index in [1.165, 1.54) is 18.3 Å². The Morgan fingerprint density at radius 2 is 1.89 bits per heavy atom. The van der Waals surface area contributed by atoms with E-state index < -0.39 is 23.7 Å². The number of rotatable bonds is 5. The molecule has 4 rings (SSSR count). The summed E-state index contributed by atoms with van der Waals surface area (Å²) in [6.45, 7) is 10.0. The molecule has 0 aliphatic carbocycles. The van der Waals surface area contributed by atoms with Crippen LogP contribution in [0.25, 0.3) is 22.6 Å². The number of carbonyl (C=O) groups is 2. The predicted molar refractivity (Wildman–Crippen MR) is 128 cm³/mol. The van der Waals surface area contributed by atoms with Gasteiger partial charge in [-0.05, 0) is 34.6 Å². The van der Waals surface area contributed by atoms with Gasteiger partial charge in [0.2, 0.25) is 0 Å². The molecule has 1 saturated heterocycles. The molecule has 1 aliphatic rings. The molecular weight excluding hydrogens is 452 g/mol. The molecule has 1 aliphatic heterocycles. The second-order valence-corrected chi connectivity index (χ2v) is 9.34. The van der Waals surface area contributed by atoms with Crippen molar-refractivity contribution in [3.63, 3.8) is 0 Å². The monoisotopic (exact) mass is 482 g/mol. The van der Waals surface area contributed by atoms with Crippen molar-refractivity contribution < 1.29 is 19.1 Å². The average Bonchev–Trinajstić information content (AvgIpc) is 3.40. The minimum absolute atomic E-state index is 0.243. The summed E-state index contributed by atoms with van der Waals surface area (Å²) >= 11 is 0. The van der Waals surface area contributed by atoms with E-state index in [9.17, 15) is 9.59 Å². The maximum Gasteiger partial charge on any atom is 0.411 e. The van der Waals surface area contributed by atoms with E-state index >= 15 is 0 Å². The summed E-state index contributed by atoms with van der Waals surface area (Å²) in [4.78, 5) is 48.8. The van der Waals surface area contributed by atoms with E-state index in [0.717, 1.165) is 5.56 Å². The molecule has 3 aromatic rings. The van der Waals surface area contributed by atoms with Crippen molar-refractivity contribution in [3.8, 4) is 11.4 Å².